The van der Waals surface area contributed by atoms with E-state index >= 15 is 0 Å². The Bertz CT molecular complexity index is 903. The lowest BCUT2D eigenvalue weighted by molar-refractivity contribution is 0.0949. The van der Waals surface area contributed by atoms with Crippen LogP contribution in [-0.4, -0.2) is 20.9 Å². The number of amides is 1. The highest BCUT2D eigenvalue weighted by molar-refractivity contribution is 5.93. The number of hydrogen-bond donors (Lipinski definition) is 2. The fourth-order valence-corrected chi connectivity index (χ4v) is 2.10. The maximum absolute atomic E-state index is 12.1. The maximum Gasteiger partial charge on any atom is 0.254 e. The molecule has 7 heteroatoms. The first kappa shape index (κ1) is 16.1. The van der Waals surface area contributed by atoms with E-state index in [2.05, 4.69) is 31.7 Å². The molecule has 0 aliphatic heterocycles. The van der Waals surface area contributed by atoms with Gasteiger partial charge in [-0.2, -0.15) is 5.26 Å². The first-order valence-corrected chi connectivity index (χ1v) is 7.52. The van der Waals surface area contributed by atoms with Crippen LogP contribution in [0.4, 0.5) is 11.6 Å². The number of carbonyl (C=O) groups is 1. The Labute approximate surface area is 144 Å². The van der Waals surface area contributed by atoms with Crippen molar-refractivity contribution in [3.63, 3.8) is 0 Å². The third-order valence-corrected chi connectivity index (χ3v) is 3.36. The lowest BCUT2D eigenvalue weighted by atomic mass is 10.2. The first-order valence-electron chi connectivity index (χ1n) is 7.52. The van der Waals surface area contributed by atoms with Crippen molar-refractivity contribution in [1.29, 1.82) is 5.26 Å². The summed E-state index contributed by atoms with van der Waals surface area (Å²) < 4.78 is 0. The molecule has 122 valence electrons. The second kappa shape index (κ2) is 7.66. The number of para-hydroxylation sites is 1. The molecule has 0 aliphatic rings. The Morgan fingerprint density at radius 2 is 1.80 bits per heavy atom. The predicted octanol–water partition coefficient (Wildman–Crippen LogP) is 2.42. The molecule has 0 saturated carbocycles. The van der Waals surface area contributed by atoms with Gasteiger partial charge in [0.05, 0.1) is 29.1 Å². The lowest BCUT2D eigenvalue weighted by Crippen LogP contribution is -2.23. The molecule has 0 spiro atoms. The maximum atomic E-state index is 12.1. The highest BCUT2D eigenvalue weighted by Crippen LogP contribution is 2.17. The summed E-state index contributed by atoms with van der Waals surface area (Å²) in [5.41, 5.74) is 2.21. The van der Waals surface area contributed by atoms with Crippen molar-refractivity contribution in [2.24, 2.45) is 0 Å². The molecule has 1 amide bonds. The van der Waals surface area contributed by atoms with Gasteiger partial charge in [0.1, 0.15) is 6.07 Å². The van der Waals surface area contributed by atoms with Crippen LogP contribution < -0.4 is 10.6 Å². The summed E-state index contributed by atoms with van der Waals surface area (Å²) in [4.78, 5) is 24.5. The molecule has 0 radical (unpaired) electrons. The quantitative estimate of drug-likeness (QED) is 0.744. The number of anilines is 2. The summed E-state index contributed by atoms with van der Waals surface area (Å²) in [5.74, 6) is 0.0265. The van der Waals surface area contributed by atoms with E-state index in [1.165, 1.54) is 12.4 Å². The molecule has 0 saturated heterocycles. The minimum atomic E-state index is -0.283. The zero-order valence-corrected chi connectivity index (χ0v) is 13.2. The summed E-state index contributed by atoms with van der Waals surface area (Å²) in [5, 5.41) is 14.8. The monoisotopic (exact) mass is 330 g/mol. The number of carbonyl (C=O) groups excluding carboxylic acids is 1. The van der Waals surface area contributed by atoms with Gasteiger partial charge in [-0.25, -0.2) is 9.97 Å². The number of nitrogens with one attached hydrogen (secondary N) is 2. The predicted molar refractivity (Wildman–Crippen MR) is 91.9 cm³/mol. The van der Waals surface area contributed by atoms with Crippen molar-refractivity contribution in [2.45, 2.75) is 6.54 Å². The van der Waals surface area contributed by atoms with Crippen LogP contribution in [-0.2, 0) is 6.54 Å². The van der Waals surface area contributed by atoms with Crippen molar-refractivity contribution in [3.05, 3.63) is 77.9 Å². The van der Waals surface area contributed by atoms with E-state index in [-0.39, 0.29) is 5.91 Å². The molecule has 0 fully saturated rings. The number of aromatic nitrogens is 3. The van der Waals surface area contributed by atoms with Gasteiger partial charge in [0, 0.05) is 18.6 Å². The van der Waals surface area contributed by atoms with E-state index in [0.29, 0.717) is 29.3 Å². The molecule has 25 heavy (non-hydrogen) atoms. The minimum absolute atomic E-state index is 0.283. The van der Waals surface area contributed by atoms with Gasteiger partial charge in [-0.3, -0.25) is 9.78 Å². The normalized spacial score (nSPS) is 9.88. The number of rotatable bonds is 5. The van der Waals surface area contributed by atoms with Gasteiger partial charge < -0.3 is 10.6 Å². The molecule has 0 bridgehead atoms. The Balaban J connectivity index is 1.64. The van der Waals surface area contributed by atoms with E-state index in [0.717, 1.165) is 5.69 Å². The SMILES string of the molecule is N#Cc1ccccc1Nc1ncc(C(=O)NCc2ccccn2)cn1. The number of nitriles is 1. The molecular weight excluding hydrogens is 316 g/mol. The van der Waals surface area contributed by atoms with Gasteiger partial charge in [0.15, 0.2) is 0 Å². The van der Waals surface area contributed by atoms with Crippen molar-refractivity contribution < 1.29 is 4.79 Å². The summed E-state index contributed by atoms with van der Waals surface area (Å²) >= 11 is 0. The van der Waals surface area contributed by atoms with Crippen LogP contribution >= 0.6 is 0 Å². The largest absolute Gasteiger partial charge is 0.346 e. The summed E-state index contributed by atoms with van der Waals surface area (Å²) in [6.07, 6.45) is 4.53. The van der Waals surface area contributed by atoms with Crippen molar-refractivity contribution >= 4 is 17.5 Å². The highest BCUT2D eigenvalue weighted by atomic mass is 16.1. The Morgan fingerprint density at radius 1 is 1.04 bits per heavy atom. The van der Waals surface area contributed by atoms with Gasteiger partial charge in [-0.05, 0) is 24.3 Å². The molecule has 3 aromatic rings. The zero-order valence-electron chi connectivity index (χ0n) is 13.2. The third-order valence-electron chi connectivity index (χ3n) is 3.36. The Hall–Kier alpha value is -3.79. The van der Waals surface area contributed by atoms with Crippen molar-refractivity contribution in [3.8, 4) is 6.07 Å². The Kier molecular flexibility index (Phi) is 4.93. The van der Waals surface area contributed by atoms with Crippen LogP contribution in [0.25, 0.3) is 0 Å². The molecule has 2 heterocycles. The molecule has 0 aliphatic carbocycles. The van der Waals surface area contributed by atoms with Crippen LogP contribution in [0.3, 0.4) is 0 Å². The fraction of sp³-hybridized carbons (Fsp3) is 0.0556. The second-order valence-electron chi connectivity index (χ2n) is 5.08. The van der Waals surface area contributed by atoms with Crippen LogP contribution in [0.15, 0.2) is 61.1 Å². The molecule has 0 unspecified atom stereocenters. The zero-order chi connectivity index (χ0) is 17.5. The number of nitrogens with zero attached hydrogens (tertiary/aromatic N) is 4. The van der Waals surface area contributed by atoms with E-state index in [1.54, 1.807) is 24.4 Å². The van der Waals surface area contributed by atoms with Crippen molar-refractivity contribution in [2.75, 3.05) is 5.32 Å². The molecular formula is C18H14N6O. The van der Waals surface area contributed by atoms with Crippen molar-refractivity contribution in [1.82, 2.24) is 20.3 Å². The number of hydrogen-bond acceptors (Lipinski definition) is 6. The van der Waals surface area contributed by atoms with Crippen LogP contribution in [0.2, 0.25) is 0 Å². The Morgan fingerprint density at radius 3 is 2.52 bits per heavy atom. The van der Waals surface area contributed by atoms with E-state index in [1.807, 2.05) is 24.3 Å². The third kappa shape index (κ3) is 4.14. The van der Waals surface area contributed by atoms with E-state index in [9.17, 15) is 4.79 Å². The number of benzene rings is 1. The van der Waals surface area contributed by atoms with Crippen LogP contribution in [0.5, 0.6) is 0 Å². The van der Waals surface area contributed by atoms with E-state index < -0.39 is 0 Å². The summed E-state index contributed by atoms with van der Waals surface area (Å²) in [6.45, 7) is 0.329. The standard InChI is InChI=1S/C18H14N6O/c19-9-13-5-1-2-7-16(13)24-18-22-10-14(11-23-18)17(25)21-12-15-6-3-4-8-20-15/h1-8,10-11H,12H2,(H,21,25)(H,22,23,24). The van der Waals surface area contributed by atoms with Gasteiger partial charge in [0.25, 0.3) is 5.91 Å². The number of pyridine rings is 1. The molecule has 1 aromatic carbocycles. The molecule has 3 rings (SSSR count). The highest BCUT2D eigenvalue weighted by Gasteiger charge is 2.08. The summed E-state index contributed by atoms with van der Waals surface area (Å²) in [7, 11) is 0. The molecule has 0 atom stereocenters. The van der Waals surface area contributed by atoms with Crippen LogP contribution in [0.1, 0.15) is 21.6 Å². The molecule has 2 aromatic heterocycles. The minimum Gasteiger partial charge on any atom is -0.346 e. The lowest BCUT2D eigenvalue weighted by Gasteiger charge is -2.07. The average molecular weight is 330 g/mol. The molecule has 7 nitrogen and oxygen atoms in total. The smallest absolute Gasteiger partial charge is 0.254 e. The first-order chi connectivity index (χ1) is 12.3. The second-order valence-corrected chi connectivity index (χ2v) is 5.08. The van der Waals surface area contributed by atoms with Gasteiger partial charge in [0.2, 0.25) is 5.95 Å². The van der Waals surface area contributed by atoms with Gasteiger partial charge in [-0.15, -0.1) is 0 Å². The van der Waals surface area contributed by atoms with Gasteiger partial charge >= 0.3 is 0 Å². The van der Waals surface area contributed by atoms with Crippen LogP contribution in [0, 0.1) is 11.3 Å². The van der Waals surface area contributed by atoms with Gasteiger partial charge in [-0.1, -0.05) is 18.2 Å². The molecule has 2 N–H and O–H groups in total. The fourth-order valence-electron chi connectivity index (χ4n) is 2.10. The topological polar surface area (TPSA) is 104 Å². The average Bonchev–Trinajstić information content (AvgIpc) is 2.68. The van der Waals surface area contributed by atoms with E-state index in [4.69, 9.17) is 5.26 Å². The summed E-state index contributed by atoms with van der Waals surface area (Å²) in [6, 6.07) is 14.6.